The van der Waals surface area contributed by atoms with Gasteiger partial charge in [0.2, 0.25) is 11.8 Å². The lowest BCUT2D eigenvalue weighted by Crippen LogP contribution is -2.50. The summed E-state index contributed by atoms with van der Waals surface area (Å²) in [5.74, 6) is -0.184. The number of nitrogens with zero attached hydrogens (tertiary/aromatic N) is 1. The molecule has 0 saturated carbocycles. The third-order valence-corrected chi connectivity index (χ3v) is 5.84. The summed E-state index contributed by atoms with van der Waals surface area (Å²) < 4.78 is 0. The van der Waals surface area contributed by atoms with Gasteiger partial charge in [-0.1, -0.05) is 90.8 Å². The van der Waals surface area contributed by atoms with E-state index < -0.39 is 6.04 Å². The fourth-order valence-electron chi connectivity index (χ4n) is 3.71. The lowest BCUT2D eigenvalue weighted by atomic mass is 10.0. The standard InChI is InChI=1S/C28H31ClN2O2/c1-3-7-27(32)31(20-24-14-16-25(29)17-15-24)26(18-22-8-5-4-6-9-22)28(33)30-19-23-12-10-21(2)11-13-23/h4-6,8-17,26H,3,7,18-20H2,1-2H3,(H,30,33)/t26-/m1/s1. The monoisotopic (exact) mass is 462 g/mol. The smallest absolute Gasteiger partial charge is 0.243 e. The number of hydrogen-bond acceptors (Lipinski definition) is 2. The maximum absolute atomic E-state index is 13.5. The highest BCUT2D eigenvalue weighted by Gasteiger charge is 2.29. The fourth-order valence-corrected chi connectivity index (χ4v) is 3.84. The summed E-state index contributed by atoms with van der Waals surface area (Å²) in [7, 11) is 0. The molecule has 0 spiro atoms. The van der Waals surface area contributed by atoms with Gasteiger partial charge in [-0.15, -0.1) is 0 Å². The topological polar surface area (TPSA) is 49.4 Å². The van der Waals surface area contributed by atoms with E-state index in [0.717, 1.165) is 23.1 Å². The number of nitrogens with one attached hydrogen (secondary N) is 1. The van der Waals surface area contributed by atoms with Crippen molar-refractivity contribution in [3.8, 4) is 0 Å². The zero-order valence-electron chi connectivity index (χ0n) is 19.3. The van der Waals surface area contributed by atoms with Crippen LogP contribution in [0.15, 0.2) is 78.9 Å². The van der Waals surface area contributed by atoms with E-state index in [4.69, 9.17) is 11.6 Å². The minimum Gasteiger partial charge on any atom is -0.350 e. The molecule has 0 unspecified atom stereocenters. The predicted octanol–water partition coefficient (Wildman–Crippen LogP) is 5.70. The molecule has 3 rings (SSSR count). The Morgan fingerprint density at radius 3 is 2.15 bits per heavy atom. The number of amides is 2. The maximum Gasteiger partial charge on any atom is 0.243 e. The van der Waals surface area contributed by atoms with Crippen molar-refractivity contribution in [3.05, 3.63) is 106 Å². The van der Waals surface area contributed by atoms with E-state index in [1.54, 1.807) is 4.90 Å². The number of carbonyl (C=O) groups is 2. The van der Waals surface area contributed by atoms with Gasteiger partial charge in [-0.05, 0) is 42.2 Å². The summed E-state index contributed by atoms with van der Waals surface area (Å²) in [6.07, 6.45) is 1.56. The molecular weight excluding hydrogens is 432 g/mol. The van der Waals surface area contributed by atoms with Gasteiger partial charge in [0.25, 0.3) is 0 Å². The van der Waals surface area contributed by atoms with E-state index in [-0.39, 0.29) is 11.8 Å². The lowest BCUT2D eigenvalue weighted by Gasteiger charge is -2.31. The Kier molecular flexibility index (Phi) is 9.08. The summed E-state index contributed by atoms with van der Waals surface area (Å²) in [5, 5.41) is 3.70. The van der Waals surface area contributed by atoms with Gasteiger partial charge in [-0.3, -0.25) is 9.59 Å². The summed E-state index contributed by atoms with van der Waals surface area (Å²) in [5.41, 5.74) is 4.15. The van der Waals surface area contributed by atoms with E-state index >= 15 is 0 Å². The summed E-state index contributed by atoms with van der Waals surface area (Å²) >= 11 is 6.05. The van der Waals surface area contributed by atoms with Crippen LogP contribution in [0.2, 0.25) is 5.02 Å². The minimum atomic E-state index is -0.618. The molecule has 33 heavy (non-hydrogen) atoms. The van der Waals surface area contributed by atoms with Crippen LogP contribution in [0.4, 0.5) is 0 Å². The molecule has 1 atom stereocenters. The van der Waals surface area contributed by atoms with Crippen molar-refractivity contribution in [2.24, 2.45) is 0 Å². The quantitative estimate of drug-likeness (QED) is 0.419. The second-order valence-corrected chi connectivity index (χ2v) is 8.74. The van der Waals surface area contributed by atoms with Crippen molar-refractivity contribution in [2.45, 2.75) is 52.2 Å². The molecule has 0 aromatic heterocycles. The van der Waals surface area contributed by atoms with Crippen molar-refractivity contribution in [3.63, 3.8) is 0 Å². The van der Waals surface area contributed by atoms with Crippen LogP contribution in [0.5, 0.6) is 0 Å². The van der Waals surface area contributed by atoms with Gasteiger partial charge in [0.05, 0.1) is 0 Å². The number of halogens is 1. The SMILES string of the molecule is CCCC(=O)N(Cc1ccc(Cl)cc1)[C@H](Cc1ccccc1)C(=O)NCc1ccc(C)cc1. The summed E-state index contributed by atoms with van der Waals surface area (Å²) in [6, 6.07) is 24.7. The molecule has 0 fully saturated rings. The van der Waals surface area contributed by atoms with Crippen molar-refractivity contribution < 1.29 is 9.59 Å². The Morgan fingerprint density at radius 1 is 0.879 bits per heavy atom. The molecule has 172 valence electrons. The fraction of sp³-hybridized carbons (Fsp3) is 0.286. The minimum absolute atomic E-state index is 0.0288. The Labute approximate surface area is 201 Å². The molecule has 0 heterocycles. The van der Waals surface area contributed by atoms with E-state index in [0.29, 0.717) is 31.0 Å². The third kappa shape index (κ3) is 7.47. The van der Waals surface area contributed by atoms with E-state index in [2.05, 4.69) is 5.32 Å². The van der Waals surface area contributed by atoms with Crippen molar-refractivity contribution >= 4 is 23.4 Å². The van der Waals surface area contributed by atoms with E-state index in [1.165, 1.54) is 5.56 Å². The number of hydrogen-bond donors (Lipinski definition) is 1. The average Bonchev–Trinajstić information content (AvgIpc) is 2.82. The molecule has 0 aliphatic carbocycles. The molecule has 0 aliphatic heterocycles. The Hall–Kier alpha value is -3.11. The highest BCUT2D eigenvalue weighted by molar-refractivity contribution is 6.30. The molecular formula is C28H31ClN2O2. The van der Waals surface area contributed by atoms with Crippen molar-refractivity contribution in [1.82, 2.24) is 10.2 Å². The molecule has 0 radical (unpaired) electrons. The molecule has 3 aromatic carbocycles. The summed E-state index contributed by atoms with van der Waals surface area (Å²) in [4.78, 5) is 28.4. The highest BCUT2D eigenvalue weighted by atomic mass is 35.5. The Balaban J connectivity index is 1.86. The van der Waals surface area contributed by atoms with Crippen LogP contribution in [-0.2, 0) is 29.1 Å². The van der Waals surface area contributed by atoms with Crippen LogP contribution in [0.3, 0.4) is 0 Å². The molecule has 4 nitrogen and oxygen atoms in total. The Morgan fingerprint density at radius 2 is 1.52 bits per heavy atom. The van der Waals surface area contributed by atoms with Gasteiger partial charge in [0, 0.05) is 31.0 Å². The molecule has 2 amide bonds. The molecule has 1 N–H and O–H groups in total. The first-order chi connectivity index (χ1) is 16.0. The van der Waals surface area contributed by atoms with E-state index in [9.17, 15) is 9.59 Å². The van der Waals surface area contributed by atoms with Crippen LogP contribution < -0.4 is 5.32 Å². The molecule has 3 aromatic rings. The maximum atomic E-state index is 13.5. The number of rotatable bonds is 10. The lowest BCUT2D eigenvalue weighted by molar-refractivity contribution is -0.141. The van der Waals surface area contributed by atoms with Crippen LogP contribution in [0.1, 0.15) is 42.0 Å². The Bertz CT molecular complexity index is 1030. The zero-order valence-corrected chi connectivity index (χ0v) is 20.0. The number of benzene rings is 3. The van der Waals surface area contributed by atoms with Crippen molar-refractivity contribution in [2.75, 3.05) is 0 Å². The second-order valence-electron chi connectivity index (χ2n) is 8.31. The molecule has 5 heteroatoms. The average molecular weight is 463 g/mol. The summed E-state index contributed by atoms with van der Waals surface area (Å²) in [6.45, 7) is 4.78. The third-order valence-electron chi connectivity index (χ3n) is 5.59. The number of aryl methyl sites for hydroxylation is 1. The largest absolute Gasteiger partial charge is 0.350 e. The van der Waals surface area contributed by atoms with Crippen molar-refractivity contribution in [1.29, 1.82) is 0 Å². The zero-order chi connectivity index (χ0) is 23.6. The van der Waals surface area contributed by atoms with Gasteiger partial charge >= 0.3 is 0 Å². The van der Waals surface area contributed by atoms with Crippen LogP contribution >= 0.6 is 11.6 Å². The first-order valence-corrected chi connectivity index (χ1v) is 11.7. The van der Waals surface area contributed by atoms with Gasteiger partial charge in [0.1, 0.15) is 6.04 Å². The second kappa shape index (κ2) is 12.2. The molecule has 0 saturated heterocycles. The predicted molar refractivity (Wildman–Crippen MR) is 134 cm³/mol. The van der Waals surface area contributed by atoms with Crippen LogP contribution in [0, 0.1) is 6.92 Å². The van der Waals surface area contributed by atoms with Gasteiger partial charge < -0.3 is 10.2 Å². The highest BCUT2D eigenvalue weighted by Crippen LogP contribution is 2.18. The number of carbonyl (C=O) groups excluding carboxylic acids is 2. The van der Waals surface area contributed by atoms with Crippen LogP contribution in [-0.4, -0.2) is 22.8 Å². The van der Waals surface area contributed by atoms with Crippen LogP contribution in [0.25, 0.3) is 0 Å². The van der Waals surface area contributed by atoms with Gasteiger partial charge in [-0.25, -0.2) is 0 Å². The van der Waals surface area contributed by atoms with Gasteiger partial charge in [0.15, 0.2) is 0 Å². The normalized spacial score (nSPS) is 11.6. The van der Waals surface area contributed by atoms with E-state index in [1.807, 2.05) is 92.7 Å². The first kappa shape index (κ1) is 24.5. The first-order valence-electron chi connectivity index (χ1n) is 11.4. The molecule has 0 bridgehead atoms. The van der Waals surface area contributed by atoms with Gasteiger partial charge in [-0.2, -0.15) is 0 Å². The molecule has 0 aliphatic rings.